The summed E-state index contributed by atoms with van der Waals surface area (Å²) in [6.45, 7) is 0. The zero-order valence-electron chi connectivity index (χ0n) is 35.2. The molecule has 4 aromatic heterocycles. The minimum atomic E-state index is -3.93. The van der Waals surface area contributed by atoms with Crippen molar-refractivity contribution in [3.63, 3.8) is 0 Å². The van der Waals surface area contributed by atoms with Gasteiger partial charge in [-0.05, 0) is 0 Å². The summed E-state index contributed by atoms with van der Waals surface area (Å²) in [6.07, 6.45) is 0. The van der Waals surface area contributed by atoms with Gasteiger partial charge in [-0.2, -0.15) is 0 Å². The molecule has 0 unspecified atom stereocenters. The zero-order valence-corrected chi connectivity index (χ0v) is 38.9. The molecular weight excluding hydrogens is 885 g/mol. The molecule has 0 fully saturated rings. The van der Waals surface area contributed by atoms with Gasteiger partial charge in [0.15, 0.2) is 0 Å². The van der Waals surface area contributed by atoms with Crippen LogP contribution in [-0.4, -0.2) is 22.4 Å². The normalized spacial score (nSPS) is 12.3. The molecule has 14 rings (SSSR count). The molecule has 2 nitrogen and oxygen atoms in total. The molecule has 65 heavy (non-hydrogen) atoms. The van der Waals surface area contributed by atoms with Gasteiger partial charge in [-0.15, -0.1) is 0 Å². The molecule has 0 aliphatic carbocycles. The topological polar surface area (TPSA) is 9.86 Å². The molecule has 5 heteroatoms. The van der Waals surface area contributed by atoms with Gasteiger partial charge in [-0.25, -0.2) is 0 Å². The van der Waals surface area contributed by atoms with Gasteiger partial charge in [0.2, 0.25) is 0 Å². The third kappa shape index (κ3) is 5.21. The van der Waals surface area contributed by atoms with Gasteiger partial charge in [0.25, 0.3) is 0 Å². The fourth-order valence-corrected chi connectivity index (χ4v) is 26.2. The maximum absolute atomic E-state index is 3.93. The summed E-state index contributed by atoms with van der Waals surface area (Å²) in [4.78, 5) is 0. The molecule has 10 aromatic carbocycles. The van der Waals surface area contributed by atoms with Crippen LogP contribution in [0.25, 0.3) is 95.3 Å². The second kappa shape index (κ2) is 14.4. The average Bonchev–Trinajstić information content (AvgIpc) is 4.14. The van der Waals surface area contributed by atoms with E-state index in [1.165, 1.54) is 113 Å². The monoisotopic (exact) mass is 924 g/mol. The molecule has 0 aliphatic rings. The van der Waals surface area contributed by atoms with Crippen LogP contribution in [0.3, 0.4) is 0 Å². The minimum absolute atomic E-state index is 1.23. The number of benzene rings is 10. The number of rotatable bonds is 6. The number of hydrogen-bond donors (Lipinski definition) is 0. The Balaban J connectivity index is 1.10. The summed E-state index contributed by atoms with van der Waals surface area (Å²) in [7, 11) is 0. The Morgan fingerprint density at radius 1 is 0.246 bits per heavy atom. The van der Waals surface area contributed by atoms with Crippen molar-refractivity contribution in [1.29, 1.82) is 0 Å². The Bertz CT molecular complexity index is 3810. The first-order valence-electron chi connectivity index (χ1n) is 22.3. The van der Waals surface area contributed by atoms with Crippen LogP contribution in [-0.2, 0) is 0 Å². The predicted octanol–water partition coefficient (Wildman–Crippen LogP) is 14.0. The summed E-state index contributed by atoms with van der Waals surface area (Å²) in [6, 6.07) is 86.8. The first-order valence-corrected chi connectivity index (χ1v) is 28.1. The third-order valence-corrected chi connectivity index (χ3v) is 27.4. The predicted molar refractivity (Wildman–Crippen MR) is 285 cm³/mol. The zero-order chi connectivity index (χ0) is 42.6. The van der Waals surface area contributed by atoms with Gasteiger partial charge in [0.05, 0.1) is 0 Å². The van der Waals surface area contributed by atoms with Crippen molar-refractivity contribution in [2.75, 3.05) is 0 Å². The average molecular weight is 924 g/mol. The van der Waals surface area contributed by atoms with E-state index in [1.54, 1.807) is 0 Å². The summed E-state index contributed by atoms with van der Waals surface area (Å²) in [5.74, 6) is 0. The summed E-state index contributed by atoms with van der Waals surface area (Å²) in [5.41, 5.74) is 7.39. The molecule has 0 N–H and O–H groups in total. The fraction of sp³-hybridized carbons (Fsp3) is 0. The van der Waals surface area contributed by atoms with Crippen LogP contribution in [0.2, 0.25) is 0 Å². The summed E-state index contributed by atoms with van der Waals surface area (Å²) < 4.78 is 16.2. The number of hydrogen-bond acceptors (Lipinski definition) is 2. The van der Waals surface area contributed by atoms with E-state index in [1.807, 2.05) is 22.7 Å². The van der Waals surface area contributed by atoms with Crippen LogP contribution >= 0.6 is 22.7 Å². The van der Waals surface area contributed by atoms with Crippen molar-refractivity contribution in [3.05, 3.63) is 231 Å². The maximum atomic E-state index is 2.50. The van der Waals surface area contributed by atoms with Crippen LogP contribution < -0.4 is 17.6 Å². The molecule has 0 atom stereocenters. The van der Waals surface area contributed by atoms with Crippen LogP contribution in [0.15, 0.2) is 231 Å². The molecule has 0 amide bonds. The Kier molecular flexibility index (Phi) is 8.24. The van der Waals surface area contributed by atoms with Gasteiger partial charge in [-0.3, -0.25) is 0 Å². The number of thiophene rings is 2. The quantitative estimate of drug-likeness (QED) is 0.147. The van der Waals surface area contributed by atoms with Crippen molar-refractivity contribution < 1.29 is 0 Å². The Labute approximate surface area is 385 Å². The summed E-state index contributed by atoms with van der Waals surface area (Å²) >= 11 is 0.0275. The van der Waals surface area contributed by atoms with E-state index in [0.29, 0.717) is 0 Å². The molecule has 14 aromatic rings. The van der Waals surface area contributed by atoms with Crippen molar-refractivity contribution in [2.24, 2.45) is 0 Å². The summed E-state index contributed by atoms with van der Waals surface area (Å²) in [5, 5.41) is 10.4. The van der Waals surface area contributed by atoms with Crippen LogP contribution in [0, 0.1) is 0 Å². The van der Waals surface area contributed by atoms with E-state index >= 15 is 0 Å². The second-order valence-corrected chi connectivity index (χ2v) is 27.0. The van der Waals surface area contributed by atoms with Gasteiger partial charge in [-0.1, -0.05) is 0 Å². The molecule has 0 bridgehead atoms. The van der Waals surface area contributed by atoms with E-state index in [9.17, 15) is 0 Å². The molecule has 4 heterocycles. The van der Waals surface area contributed by atoms with Gasteiger partial charge >= 0.3 is 389 Å². The molecule has 0 spiro atoms. The SMILES string of the molecule is c1cc[c]([Ge]([c]2ccccc2)([c]2cccc3c2sc2c(-n4c5ccccc5c5ccccc54)cccc23)[c]2cccc3c2sc2c(-n4c5ccccc5c5ccccc54)cccc23)cc1. The van der Waals surface area contributed by atoms with E-state index < -0.39 is 13.3 Å². The molecular formula is C60H38GeN2S2. The van der Waals surface area contributed by atoms with Crippen molar-refractivity contribution in [1.82, 2.24) is 9.13 Å². The van der Waals surface area contributed by atoms with Crippen molar-refractivity contribution >= 4 is 137 Å². The molecule has 0 radical (unpaired) electrons. The Morgan fingerprint density at radius 2 is 0.538 bits per heavy atom. The molecule has 0 saturated carbocycles. The van der Waals surface area contributed by atoms with E-state index in [-0.39, 0.29) is 0 Å². The molecule has 0 saturated heterocycles. The molecule has 304 valence electrons. The second-order valence-electron chi connectivity index (χ2n) is 17.1. The number of fused-ring (bicyclic) bond motifs is 12. The Morgan fingerprint density at radius 3 is 0.908 bits per heavy atom. The van der Waals surface area contributed by atoms with E-state index in [4.69, 9.17) is 0 Å². The van der Waals surface area contributed by atoms with Gasteiger partial charge < -0.3 is 0 Å². The van der Waals surface area contributed by atoms with Crippen molar-refractivity contribution in [3.8, 4) is 11.4 Å². The van der Waals surface area contributed by atoms with E-state index in [2.05, 4.69) is 240 Å². The van der Waals surface area contributed by atoms with E-state index in [0.717, 1.165) is 0 Å². The standard InChI is InChI=1S/C60H38GeN2S2/c1-3-19-39(20-4-1)61(40-21-5-2-6-22-40,49-31-15-27-45-47-29-17-37-55(59(47)64-57(45)49)62-51-33-11-7-23-41(51)42-24-8-12-34-52(42)62)50-32-16-28-46-48-30-18-38-56(60(48)65-58(46)50)63-53-35-13-9-25-43(53)44-26-10-14-36-54(44)63/h1-38H. The fourth-order valence-electron chi connectivity index (χ4n) is 11.2. The Hall–Kier alpha value is -7.22. The number of para-hydroxylation sites is 4. The first kappa shape index (κ1) is 37.2. The number of aromatic nitrogens is 2. The number of nitrogens with zero attached hydrogens (tertiary/aromatic N) is 2. The van der Waals surface area contributed by atoms with Crippen LogP contribution in [0.1, 0.15) is 0 Å². The van der Waals surface area contributed by atoms with Gasteiger partial charge in [0.1, 0.15) is 0 Å². The van der Waals surface area contributed by atoms with Crippen LogP contribution in [0.5, 0.6) is 0 Å². The first-order chi connectivity index (χ1) is 32.3. The van der Waals surface area contributed by atoms with Gasteiger partial charge in [0, 0.05) is 0 Å². The molecule has 0 aliphatic heterocycles. The van der Waals surface area contributed by atoms with Crippen molar-refractivity contribution in [2.45, 2.75) is 0 Å². The van der Waals surface area contributed by atoms with Crippen LogP contribution in [0.4, 0.5) is 0 Å². The third-order valence-electron chi connectivity index (χ3n) is 13.9.